The van der Waals surface area contributed by atoms with Gasteiger partial charge < -0.3 is 9.80 Å². The molecule has 0 N–H and O–H groups in total. The zero-order valence-electron chi connectivity index (χ0n) is 19.1. The molecule has 0 aliphatic carbocycles. The average Bonchev–Trinajstić information content (AvgIpc) is 3.29. The van der Waals surface area contributed by atoms with Gasteiger partial charge >= 0.3 is 0 Å². The van der Waals surface area contributed by atoms with Gasteiger partial charge in [0.05, 0.1) is 10.0 Å². The third kappa shape index (κ3) is 5.18. The molecule has 2 amide bonds. The first-order chi connectivity index (χ1) is 15.8. The average molecular weight is 489 g/mol. The summed E-state index contributed by atoms with van der Waals surface area (Å²) in [5.74, 6) is 0.871. The number of hydrogen-bond acceptors (Lipinski definition) is 4. The van der Waals surface area contributed by atoms with Crippen molar-refractivity contribution >= 4 is 40.8 Å². The quantitative estimate of drug-likeness (QED) is 0.604. The highest BCUT2D eigenvalue weighted by molar-refractivity contribution is 6.42. The van der Waals surface area contributed by atoms with E-state index in [1.165, 1.54) is 0 Å². The van der Waals surface area contributed by atoms with Crippen LogP contribution in [0.3, 0.4) is 0 Å². The second-order valence-corrected chi connectivity index (χ2v) is 10.0. The van der Waals surface area contributed by atoms with Gasteiger partial charge in [-0.3, -0.25) is 14.5 Å². The van der Waals surface area contributed by atoms with Crippen LogP contribution in [0.25, 0.3) is 0 Å². The van der Waals surface area contributed by atoms with E-state index in [9.17, 15) is 9.59 Å². The highest BCUT2D eigenvalue weighted by Gasteiger charge is 2.42. The number of rotatable bonds is 6. The SMILES string of the molecule is CC(=O)N(C)C1CCN(CCC2(c3ccc(Cl)c(Cl)c3)CCC(=O)N(c3ccccn3)C2)C1. The number of nitrogens with zero attached hydrogens (tertiary/aromatic N) is 4. The maximum absolute atomic E-state index is 12.9. The van der Waals surface area contributed by atoms with Crippen LogP contribution >= 0.6 is 23.2 Å². The molecular formula is C25H30Cl2N4O2. The van der Waals surface area contributed by atoms with E-state index < -0.39 is 0 Å². The molecule has 2 atom stereocenters. The van der Waals surface area contributed by atoms with Gasteiger partial charge in [-0.1, -0.05) is 35.3 Å². The Morgan fingerprint density at radius 3 is 2.76 bits per heavy atom. The summed E-state index contributed by atoms with van der Waals surface area (Å²) in [6.45, 7) is 4.88. The number of carbonyl (C=O) groups excluding carboxylic acids is 2. The van der Waals surface area contributed by atoms with Crippen molar-refractivity contribution in [1.82, 2.24) is 14.8 Å². The first-order valence-electron chi connectivity index (χ1n) is 11.4. The van der Waals surface area contributed by atoms with Gasteiger partial charge in [0.2, 0.25) is 11.8 Å². The van der Waals surface area contributed by atoms with E-state index in [2.05, 4.69) is 9.88 Å². The van der Waals surface area contributed by atoms with Crippen LogP contribution in [0.4, 0.5) is 5.82 Å². The number of hydrogen-bond donors (Lipinski definition) is 0. The number of piperidine rings is 1. The van der Waals surface area contributed by atoms with E-state index in [0.717, 1.165) is 44.5 Å². The van der Waals surface area contributed by atoms with Crippen LogP contribution in [-0.4, -0.2) is 65.9 Å². The molecule has 2 saturated heterocycles. The first-order valence-corrected chi connectivity index (χ1v) is 12.2. The number of aromatic nitrogens is 1. The van der Waals surface area contributed by atoms with Gasteiger partial charge in [0.15, 0.2) is 0 Å². The lowest BCUT2D eigenvalue weighted by Gasteiger charge is -2.43. The lowest BCUT2D eigenvalue weighted by atomic mass is 9.71. The van der Waals surface area contributed by atoms with E-state index in [1.807, 2.05) is 53.2 Å². The van der Waals surface area contributed by atoms with Crippen LogP contribution in [0.15, 0.2) is 42.6 Å². The number of pyridine rings is 1. The minimum atomic E-state index is -0.260. The van der Waals surface area contributed by atoms with E-state index in [1.54, 1.807) is 13.1 Å². The standard InChI is InChI=1S/C25H30Cl2N4O2/c1-18(32)29(2)20-9-13-30(16-20)14-11-25(19-6-7-21(26)22(27)15-19)10-8-24(33)31(17-25)23-5-3-4-12-28-23/h3-7,12,15,20H,8-11,13-14,16-17H2,1-2H3. The van der Waals surface area contributed by atoms with E-state index in [0.29, 0.717) is 28.8 Å². The maximum Gasteiger partial charge on any atom is 0.228 e. The molecule has 0 spiro atoms. The normalized spacial score (nSPS) is 23.7. The van der Waals surface area contributed by atoms with Gasteiger partial charge in [-0.05, 0) is 55.6 Å². The molecule has 2 unspecified atom stereocenters. The van der Waals surface area contributed by atoms with Gasteiger partial charge in [0.25, 0.3) is 0 Å². The van der Waals surface area contributed by atoms with Gasteiger partial charge in [0, 0.05) is 57.7 Å². The molecule has 176 valence electrons. The van der Waals surface area contributed by atoms with E-state index >= 15 is 0 Å². The molecule has 0 bridgehead atoms. The second kappa shape index (κ2) is 10.00. The molecule has 4 rings (SSSR count). The van der Waals surface area contributed by atoms with Crippen molar-refractivity contribution in [3.8, 4) is 0 Å². The zero-order valence-corrected chi connectivity index (χ0v) is 20.6. The van der Waals surface area contributed by atoms with Crippen molar-refractivity contribution in [3.05, 3.63) is 58.2 Å². The first kappa shape index (κ1) is 24.0. The molecule has 2 fully saturated rings. The fourth-order valence-corrected chi connectivity index (χ4v) is 5.34. The second-order valence-electron chi connectivity index (χ2n) is 9.20. The molecule has 6 nitrogen and oxygen atoms in total. The summed E-state index contributed by atoms with van der Waals surface area (Å²) >= 11 is 12.6. The summed E-state index contributed by atoms with van der Waals surface area (Å²) in [5.41, 5.74) is 0.839. The van der Waals surface area contributed by atoms with Crippen molar-refractivity contribution in [2.24, 2.45) is 0 Å². The number of halogens is 2. The minimum absolute atomic E-state index is 0.0914. The summed E-state index contributed by atoms with van der Waals surface area (Å²) < 4.78 is 0. The third-order valence-electron chi connectivity index (χ3n) is 7.24. The number of likely N-dealkylation sites (N-methyl/N-ethyl adjacent to an activating group) is 1. The van der Waals surface area contributed by atoms with Gasteiger partial charge in [-0.25, -0.2) is 4.98 Å². The molecule has 2 aromatic rings. The predicted molar refractivity (Wildman–Crippen MR) is 132 cm³/mol. The van der Waals surface area contributed by atoms with Gasteiger partial charge in [-0.2, -0.15) is 0 Å². The topological polar surface area (TPSA) is 56.8 Å². The molecule has 33 heavy (non-hydrogen) atoms. The fraction of sp³-hybridized carbons (Fsp3) is 0.480. The summed E-state index contributed by atoms with van der Waals surface area (Å²) in [4.78, 5) is 35.2. The van der Waals surface area contributed by atoms with Crippen molar-refractivity contribution in [2.75, 3.05) is 38.1 Å². The summed E-state index contributed by atoms with van der Waals surface area (Å²) in [6.07, 6.45) is 4.77. The summed E-state index contributed by atoms with van der Waals surface area (Å²) in [5, 5.41) is 1.05. The Morgan fingerprint density at radius 2 is 2.06 bits per heavy atom. The van der Waals surface area contributed by atoms with Crippen LogP contribution < -0.4 is 4.90 Å². The Balaban J connectivity index is 1.58. The molecule has 1 aromatic heterocycles. The number of benzene rings is 1. The Bertz CT molecular complexity index is 1020. The Morgan fingerprint density at radius 1 is 1.24 bits per heavy atom. The van der Waals surface area contributed by atoms with E-state index in [-0.39, 0.29) is 23.3 Å². The van der Waals surface area contributed by atoms with Crippen molar-refractivity contribution in [3.63, 3.8) is 0 Å². The lowest BCUT2D eigenvalue weighted by Crippen LogP contribution is -2.50. The van der Waals surface area contributed by atoms with Gasteiger partial charge in [0.1, 0.15) is 5.82 Å². The zero-order chi connectivity index (χ0) is 23.6. The van der Waals surface area contributed by atoms with Crippen LogP contribution in [0.2, 0.25) is 10.0 Å². The molecule has 1 aromatic carbocycles. The van der Waals surface area contributed by atoms with Crippen molar-refractivity contribution < 1.29 is 9.59 Å². The molecule has 3 heterocycles. The highest BCUT2D eigenvalue weighted by atomic mass is 35.5. The molecule has 0 saturated carbocycles. The molecule has 0 radical (unpaired) electrons. The van der Waals surface area contributed by atoms with Crippen LogP contribution in [0.5, 0.6) is 0 Å². The van der Waals surface area contributed by atoms with Gasteiger partial charge in [-0.15, -0.1) is 0 Å². The number of amides is 2. The fourth-order valence-electron chi connectivity index (χ4n) is 5.04. The van der Waals surface area contributed by atoms with Crippen molar-refractivity contribution in [2.45, 2.75) is 44.1 Å². The molecule has 2 aliphatic heterocycles. The van der Waals surface area contributed by atoms with Crippen molar-refractivity contribution in [1.29, 1.82) is 0 Å². The number of likely N-dealkylation sites (tertiary alicyclic amines) is 1. The van der Waals surface area contributed by atoms with Crippen LogP contribution in [-0.2, 0) is 15.0 Å². The monoisotopic (exact) mass is 488 g/mol. The largest absolute Gasteiger partial charge is 0.342 e. The minimum Gasteiger partial charge on any atom is -0.342 e. The Kier molecular flexibility index (Phi) is 7.27. The van der Waals surface area contributed by atoms with Crippen LogP contribution in [0, 0.1) is 0 Å². The molecule has 8 heteroatoms. The smallest absolute Gasteiger partial charge is 0.228 e. The maximum atomic E-state index is 12.9. The number of anilines is 1. The van der Waals surface area contributed by atoms with E-state index in [4.69, 9.17) is 23.2 Å². The lowest BCUT2D eigenvalue weighted by molar-refractivity contribution is -0.129. The molecular weight excluding hydrogens is 459 g/mol. The third-order valence-corrected chi connectivity index (χ3v) is 7.97. The van der Waals surface area contributed by atoms with Crippen LogP contribution in [0.1, 0.15) is 38.2 Å². The highest BCUT2D eigenvalue weighted by Crippen LogP contribution is 2.41. The summed E-state index contributed by atoms with van der Waals surface area (Å²) in [7, 11) is 1.88. The predicted octanol–water partition coefficient (Wildman–Crippen LogP) is 4.40. The Labute approximate surface area is 205 Å². The number of carbonyl (C=O) groups is 2. The summed E-state index contributed by atoms with van der Waals surface area (Å²) in [6, 6.07) is 11.7. The molecule has 2 aliphatic rings. The Hall–Kier alpha value is -2.15.